The number of carbonyl (C=O) groups is 4. The standard InChI is InChI=1S/C21H29N3O5/c1-14(2)9-10-21(4)19(27)24(20(28)23-21)12-18(26)29-13-17(25)22-11-16-8-6-5-7-15(16)3/h5-8,14H,9-13H2,1-4H3,(H,22,25)(H,23,28)/t21-/m1/s1. The van der Waals surface area contributed by atoms with E-state index in [1.165, 1.54) is 0 Å². The van der Waals surface area contributed by atoms with Gasteiger partial charge >= 0.3 is 12.0 Å². The Morgan fingerprint density at radius 3 is 2.59 bits per heavy atom. The maximum Gasteiger partial charge on any atom is 0.326 e. The molecule has 1 aromatic carbocycles. The lowest BCUT2D eigenvalue weighted by Crippen LogP contribution is -2.44. The molecule has 1 fully saturated rings. The molecule has 2 rings (SSSR count). The van der Waals surface area contributed by atoms with E-state index >= 15 is 0 Å². The lowest BCUT2D eigenvalue weighted by Gasteiger charge is -2.22. The number of amides is 4. The molecule has 8 heteroatoms. The van der Waals surface area contributed by atoms with Gasteiger partial charge in [-0.2, -0.15) is 0 Å². The van der Waals surface area contributed by atoms with Crippen LogP contribution in [0.3, 0.4) is 0 Å². The van der Waals surface area contributed by atoms with Crippen molar-refractivity contribution >= 4 is 23.8 Å². The lowest BCUT2D eigenvalue weighted by molar-refractivity contribution is -0.151. The van der Waals surface area contributed by atoms with Crippen molar-refractivity contribution in [1.82, 2.24) is 15.5 Å². The Hall–Kier alpha value is -2.90. The summed E-state index contributed by atoms with van der Waals surface area (Å²) in [6.45, 7) is 6.98. The second-order valence-corrected chi connectivity index (χ2v) is 7.95. The number of urea groups is 1. The highest BCUT2D eigenvalue weighted by molar-refractivity contribution is 6.08. The minimum Gasteiger partial charge on any atom is -0.454 e. The van der Waals surface area contributed by atoms with E-state index in [9.17, 15) is 19.2 Å². The molecule has 2 N–H and O–H groups in total. The van der Waals surface area contributed by atoms with Crippen LogP contribution in [0.15, 0.2) is 24.3 Å². The molecule has 0 saturated carbocycles. The number of imide groups is 1. The number of nitrogens with one attached hydrogen (secondary N) is 2. The molecular formula is C21H29N3O5. The summed E-state index contributed by atoms with van der Waals surface area (Å²) in [5.41, 5.74) is 0.989. The van der Waals surface area contributed by atoms with Gasteiger partial charge in [0, 0.05) is 6.54 Å². The Morgan fingerprint density at radius 2 is 1.93 bits per heavy atom. The van der Waals surface area contributed by atoms with Crippen LogP contribution >= 0.6 is 0 Å². The molecular weight excluding hydrogens is 374 g/mol. The van der Waals surface area contributed by atoms with Gasteiger partial charge in [0.25, 0.3) is 11.8 Å². The number of carbonyl (C=O) groups excluding carboxylic acids is 4. The smallest absolute Gasteiger partial charge is 0.326 e. The van der Waals surface area contributed by atoms with Gasteiger partial charge in [-0.3, -0.25) is 19.3 Å². The zero-order chi connectivity index (χ0) is 21.6. The van der Waals surface area contributed by atoms with Crippen molar-refractivity contribution in [2.75, 3.05) is 13.2 Å². The zero-order valence-corrected chi connectivity index (χ0v) is 17.4. The monoisotopic (exact) mass is 403 g/mol. The van der Waals surface area contributed by atoms with Gasteiger partial charge in [0.1, 0.15) is 12.1 Å². The van der Waals surface area contributed by atoms with Crippen LogP contribution in [0.4, 0.5) is 4.79 Å². The van der Waals surface area contributed by atoms with Crippen LogP contribution < -0.4 is 10.6 Å². The molecule has 1 aromatic rings. The fourth-order valence-corrected chi connectivity index (χ4v) is 3.01. The maximum atomic E-state index is 12.6. The van der Waals surface area contributed by atoms with E-state index in [-0.39, 0.29) is 0 Å². The minimum absolute atomic E-state index is 0.324. The Bertz CT molecular complexity index is 792. The van der Waals surface area contributed by atoms with Crippen LogP contribution in [0.25, 0.3) is 0 Å². The lowest BCUT2D eigenvalue weighted by atomic mass is 9.92. The molecule has 158 valence electrons. The number of nitrogens with zero attached hydrogens (tertiary/aromatic N) is 1. The average molecular weight is 403 g/mol. The molecule has 1 atom stereocenters. The first-order valence-electron chi connectivity index (χ1n) is 9.73. The van der Waals surface area contributed by atoms with E-state index in [4.69, 9.17) is 4.74 Å². The van der Waals surface area contributed by atoms with E-state index in [2.05, 4.69) is 10.6 Å². The topological polar surface area (TPSA) is 105 Å². The normalized spacial score (nSPS) is 18.7. The quantitative estimate of drug-likeness (QED) is 0.484. The molecule has 1 saturated heterocycles. The number of ether oxygens (including phenoxy) is 1. The molecule has 8 nitrogen and oxygen atoms in total. The molecule has 29 heavy (non-hydrogen) atoms. The predicted octanol–water partition coefficient (Wildman–Crippen LogP) is 1.90. The second kappa shape index (κ2) is 9.54. The van der Waals surface area contributed by atoms with Crippen LogP contribution in [0.2, 0.25) is 0 Å². The summed E-state index contributed by atoms with van der Waals surface area (Å²) in [4.78, 5) is 49.5. The van der Waals surface area contributed by atoms with Gasteiger partial charge in [0.15, 0.2) is 6.61 Å². The average Bonchev–Trinajstić information content (AvgIpc) is 2.87. The maximum absolute atomic E-state index is 12.6. The number of hydrogen-bond acceptors (Lipinski definition) is 5. The summed E-state index contributed by atoms with van der Waals surface area (Å²) in [6, 6.07) is 7.00. The summed E-state index contributed by atoms with van der Waals surface area (Å²) in [5.74, 6) is -1.34. The van der Waals surface area contributed by atoms with E-state index in [1.54, 1.807) is 6.92 Å². The van der Waals surface area contributed by atoms with Gasteiger partial charge in [0.2, 0.25) is 0 Å². The summed E-state index contributed by atoms with van der Waals surface area (Å²) in [5, 5.41) is 5.32. The Labute approximate surface area is 171 Å². The van der Waals surface area contributed by atoms with Crippen LogP contribution in [0.1, 0.15) is 44.7 Å². The van der Waals surface area contributed by atoms with Crippen LogP contribution in [-0.2, 0) is 25.7 Å². The van der Waals surface area contributed by atoms with Gasteiger partial charge in [-0.1, -0.05) is 38.1 Å². The van der Waals surface area contributed by atoms with E-state index < -0.39 is 42.5 Å². The number of esters is 1. The van der Waals surface area contributed by atoms with E-state index in [0.717, 1.165) is 22.4 Å². The first-order valence-corrected chi connectivity index (χ1v) is 9.73. The largest absolute Gasteiger partial charge is 0.454 e. The Balaban J connectivity index is 1.79. The first-order chi connectivity index (χ1) is 13.6. The fourth-order valence-electron chi connectivity index (χ4n) is 3.01. The van der Waals surface area contributed by atoms with Crippen molar-refractivity contribution in [2.24, 2.45) is 5.92 Å². The molecule has 4 amide bonds. The fraction of sp³-hybridized carbons (Fsp3) is 0.524. The number of hydrogen-bond donors (Lipinski definition) is 2. The summed E-state index contributed by atoms with van der Waals surface area (Å²) in [6.07, 6.45) is 1.25. The SMILES string of the molecule is Cc1ccccc1CNC(=O)COC(=O)CN1C(=O)N[C@](C)(CCC(C)C)C1=O. The van der Waals surface area contributed by atoms with Gasteiger partial charge in [-0.05, 0) is 43.7 Å². The molecule has 1 aliphatic rings. The number of benzene rings is 1. The molecule has 1 heterocycles. The van der Waals surface area contributed by atoms with Gasteiger partial charge in [-0.15, -0.1) is 0 Å². The van der Waals surface area contributed by atoms with Crippen molar-refractivity contribution in [3.8, 4) is 0 Å². The third-order valence-corrected chi connectivity index (χ3v) is 4.96. The van der Waals surface area contributed by atoms with Crippen molar-refractivity contribution in [3.63, 3.8) is 0 Å². The molecule has 0 unspecified atom stereocenters. The van der Waals surface area contributed by atoms with Gasteiger partial charge in [-0.25, -0.2) is 4.79 Å². The predicted molar refractivity (Wildman–Crippen MR) is 107 cm³/mol. The highest BCUT2D eigenvalue weighted by Gasteiger charge is 2.48. The third-order valence-electron chi connectivity index (χ3n) is 4.96. The third kappa shape index (κ3) is 6.04. The minimum atomic E-state index is -1.02. The first kappa shape index (κ1) is 22.4. The molecule has 0 aliphatic carbocycles. The summed E-state index contributed by atoms with van der Waals surface area (Å²) >= 11 is 0. The van der Waals surface area contributed by atoms with Gasteiger partial charge < -0.3 is 15.4 Å². The summed E-state index contributed by atoms with van der Waals surface area (Å²) in [7, 11) is 0. The number of rotatable bonds is 9. The molecule has 1 aliphatic heterocycles. The summed E-state index contributed by atoms with van der Waals surface area (Å²) < 4.78 is 4.92. The highest BCUT2D eigenvalue weighted by atomic mass is 16.5. The van der Waals surface area contributed by atoms with Crippen molar-refractivity contribution < 1.29 is 23.9 Å². The Kier molecular flexibility index (Phi) is 7.36. The van der Waals surface area contributed by atoms with Crippen molar-refractivity contribution in [2.45, 2.75) is 52.6 Å². The number of aryl methyl sites for hydroxylation is 1. The van der Waals surface area contributed by atoms with E-state index in [1.807, 2.05) is 45.0 Å². The molecule has 0 spiro atoms. The van der Waals surface area contributed by atoms with Crippen LogP contribution in [0.5, 0.6) is 0 Å². The second-order valence-electron chi connectivity index (χ2n) is 7.95. The molecule has 0 radical (unpaired) electrons. The molecule has 0 bridgehead atoms. The molecule has 0 aromatic heterocycles. The Morgan fingerprint density at radius 1 is 1.24 bits per heavy atom. The van der Waals surface area contributed by atoms with Crippen molar-refractivity contribution in [3.05, 3.63) is 35.4 Å². The van der Waals surface area contributed by atoms with Crippen LogP contribution in [-0.4, -0.2) is 47.4 Å². The van der Waals surface area contributed by atoms with Crippen molar-refractivity contribution in [1.29, 1.82) is 0 Å². The van der Waals surface area contributed by atoms with E-state index in [0.29, 0.717) is 18.9 Å². The zero-order valence-electron chi connectivity index (χ0n) is 17.4. The highest BCUT2D eigenvalue weighted by Crippen LogP contribution is 2.24. The van der Waals surface area contributed by atoms with Gasteiger partial charge in [0.05, 0.1) is 0 Å². The van der Waals surface area contributed by atoms with Crippen LogP contribution in [0, 0.1) is 12.8 Å².